The van der Waals surface area contributed by atoms with Crippen molar-refractivity contribution in [2.24, 2.45) is 23.7 Å². The lowest BCUT2D eigenvalue weighted by atomic mass is 9.78. The fraction of sp³-hybridized carbons (Fsp3) is 0.548. The molecule has 0 atom stereocenters. The molecule has 2 saturated carbocycles. The lowest BCUT2D eigenvalue weighted by Crippen LogP contribution is -2.37. The van der Waals surface area contributed by atoms with Gasteiger partial charge in [0.2, 0.25) is 0 Å². The van der Waals surface area contributed by atoms with Crippen molar-refractivity contribution < 1.29 is 31.4 Å². The van der Waals surface area contributed by atoms with Gasteiger partial charge in [-0.2, -0.15) is 22.0 Å². The first-order valence-electron chi connectivity index (χ1n) is 14.0. The highest BCUT2D eigenvalue weighted by molar-refractivity contribution is 5.29. The van der Waals surface area contributed by atoms with Gasteiger partial charge < -0.3 is 9.47 Å². The first-order chi connectivity index (χ1) is 19.1. The maximum Gasteiger partial charge on any atom is 0.416 e. The lowest BCUT2D eigenvalue weighted by molar-refractivity contribution is -0.223. The average Bonchev–Trinajstić information content (AvgIpc) is 2.95. The number of hydrogen-bond donors (Lipinski definition) is 0. The van der Waals surface area contributed by atoms with Gasteiger partial charge in [0.15, 0.2) is 5.75 Å². The van der Waals surface area contributed by atoms with Gasteiger partial charge in [-0.05, 0) is 99.8 Å². The minimum absolute atomic E-state index is 0.252. The second-order valence-corrected chi connectivity index (χ2v) is 10.9. The number of benzene rings is 1. The first kappa shape index (κ1) is 30.0. The quantitative estimate of drug-likeness (QED) is 0.214. The summed E-state index contributed by atoms with van der Waals surface area (Å²) in [5.41, 5.74) is -0.892. The van der Waals surface area contributed by atoms with Crippen LogP contribution in [0.5, 0.6) is 11.5 Å². The molecule has 1 aromatic heterocycles. The lowest BCUT2D eigenvalue weighted by Gasteiger charge is -2.32. The summed E-state index contributed by atoms with van der Waals surface area (Å²) < 4.78 is 77.5. The van der Waals surface area contributed by atoms with Crippen molar-refractivity contribution >= 4 is 0 Å². The molecular weight excluding hydrogens is 527 g/mol. The topological polar surface area (TPSA) is 44.2 Å². The Morgan fingerprint density at radius 1 is 0.775 bits per heavy atom. The molecule has 1 aromatic carbocycles. The molecule has 0 spiro atoms. The molecule has 0 saturated heterocycles. The average molecular weight is 565 g/mol. The maximum atomic E-state index is 14.7. The third-order valence-electron chi connectivity index (χ3n) is 8.08. The van der Waals surface area contributed by atoms with Gasteiger partial charge >= 0.3 is 12.3 Å². The smallest absolute Gasteiger partial charge is 0.416 e. The van der Waals surface area contributed by atoms with E-state index in [1.54, 1.807) is 19.5 Å². The Bertz CT molecular complexity index is 1100. The van der Waals surface area contributed by atoms with Gasteiger partial charge in [-0.25, -0.2) is 9.97 Å². The minimum atomic E-state index is -4.52. The van der Waals surface area contributed by atoms with E-state index in [1.165, 1.54) is 12.8 Å². The van der Waals surface area contributed by atoms with Crippen LogP contribution in [0.4, 0.5) is 22.0 Å². The van der Waals surface area contributed by atoms with E-state index in [4.69, 9.17) is 9.47 Å². The summed E-state index contributed by atoms with van der Waals surface area (Å²) in [6.45, 7) is 0. The standard InChI is InChI=1S/C31H37F5N2O2/c1-39-28-20-37-29(38-21-28)5-3-2-4-22-6-8-23(9-7-22)10-11-24-12-14-26(15-13-24)31(35,36)40-27-18-16-25(17-19-27)30(32,33)34/h2-3,10-11,16-24,26H,4-9,12-15H2,1H3/b3-2-,11-10+. The highest BCUT2D eigenvalue weighted by Gasteiger charge is 2.44. The summed E-state index contributed by atoms with van der Waals surface area (Å²) in [5, 5.41) is 0. The van der Waals surface area contributed by atoms with Crippen LogP contribution in [0.2, 0.25) is 0 Å². The van der Waals surface area contributed by atoms with Crippen molar-refractivity contribution in [1.29, 1.82) is 0 Å². The summed E-state index contributed by atoms with van der Waals surface area (Å²) in [7, 11) is 1.59. The SMILES string of the molecule is COc1cnc(C/C=C\CC2CCC(/C=C/C3CCC(C(F)(F)Oc4ccc(C(F)(F)F)cc4)CC3)CC2)nc1. The Labute approximate surface area is 232 Å². The zero-order chi connectivity index (χ0) is 28.6. The molecule has 1 heterocycles. The van der Waals surface area contributed by atoms with Crippen molar-refractivity contribution in [3.05, 3.63) is 72.4 Å². The number of hydrogen-bond acceptors (Lipinski definition) is 4. The molecular formula is C31H37F5N2O2. The predicted octanol–water partition coefficient (Wildman–Crippen LogP) is 8.83. The number of ether oxygens (including phenoxy) is 2. The van der Waals surface area contributed by atoms with Gasteiger partial charge in [-0.15, -0.1) is 0 Å². The number of allylic oxidation sites excluding steroid dienone is 4. The molecule has 0 N–H and O–H groups in total. The van der Waals surface area contributed by atoms with E-state index in [1.807, 2.05) is 0 Å². The highest BCUT2D eigenvalue weighted by Crippen LogP contribution is 2.41. The molecule has 40 heavy (non-hydrogen) atoms. The maximum absolute atomic E-state index is 14.7. The third-order valence-corrected chi connectivity index (χ3v) is 8.08. The normalized spacial score (nSPS) is 24.4. The van der Waals surface area contributed by atoms with E-state index >= 15 is 0 Å². The second kappa shape index (κ2) is 13.6. The van der Waals surface area contributed by atoms with Crippen molar-refractivity contribution in [1.82, 2.24) is 9.97 Å². The molecule has 0 unspecified atom stereocenters. The first-order valence-corrected chi connectivity index (χ1v) is 14.0. The van der Waals surface area contributed by atoms with Crippen LogP contribution < -0.4 is 9.47 Å². The molecule has 2 aliphatic carbocycles. The number of aromatic nitrogens is 2. The zero-order valence-electron chi connectivity index (χ0n) is 22.8. The van der Waals surface area contributed by atoms with E-state index < -0.39 is 23.8 Å². The number of rotatable bonds is 10. The number of halogens is 5. The van der Waals surface area contributed by atoms with Gasteiger partial charge in [0.1, 0.15) is 11.6 Å². The summed E-state index contributed by atoms with van der Waals surface area (Å²) in [5.74, 6) is 1.72. The van der Waals surface area contributed by atoms with Crippen molar-refractivity contribution in [2.75, 3.05) is 7.11 Å². The minimum Gasteiger partial charge on any atom is -0.494 e. The van der Waals surface area contributed by atoms with Crippen LogP contribution in [0.3, 0.4) is 0 Å². The van der Waals surface area contributed by atoms with Crippen molar-refractivity contribution in [2.45, 2.75) is 76.5 Å². The van der Waals surface area contributed by atoms with E-state index in [0.29, 0.717) is 49.7 Å². The number of alkyl halides is 5. The third kappa shape index (κ3) is 8.77. The van der Waals surface area contributed by atoms with E-state index in [0.717, 1.165) is 49.4 Å². The van der Waals surface area contributed by atoms with E-state index in [2.05, 4.69) is 34.3 Å². The monoisotopic (exact) mass is 564 g/mol. The van der Waals surface area contributed by atoms with Gasteiger partial charge in [-0.3, -0.25) is 0 Å². The largest absolute Gasteiger partial charge is 0.494 e. The Morgan fingerprint density at radius 3 is 1.90 bits per heavy atom. The Kier molecular flexibility index (Phi) is 10.2. The molecule has 218 valence electrons. The second-order valence-electron chi connectivity index (χ2n) is 10.9. The molecule has 0 bridgehead atoms. The summed E-state index contributed by atoms with van der Waals surface area (Å²) in [4.78, 5) is 8.55. The molecule has 4 rings (SSSR count). The molecule has 2 aliphatic rings. The van der Waals surface area contributed by atoms with Crippen LogP contribution >= 0.6 is 0 Å². The molecule has 4 nitrogen and oxygen atoms in total. The van der Waals surface area contributed by atoms with Crippen LogP contribution in [0.25, 0.3) is 0 Å². The summed E-state index contributed by atoms with van der Waals surface area (Å²) in [6, 6.07) is 3.43. The Morgan fingerprint density at radius 2 is 1.35 bits per heavy atom. The summed E-state index contributed by atoms with van der Waals surface area (Å²) >= 11 is 0. The van der Waals surface area contributed by atoms with E-state index in [-0.39, 0.29) is 11.7 Å². The molecule has 0 amide bonds. The summed E-state index contributed by atoms with van der Waals surface area (Å²) in [6.07, 6.45) is 12.6. The molecule has 9 heteroatoms. The Hall–Kier alpha value is -2.97. The fourth-order valence-corrected chi connectivity index (χ4v) is 5.56. The Balaban J connectivity index is 1.14. The molecule has 2 aromatic rings. The van der Waals surface area contributed by atoms with Gasteiger partial charge in [0.05, 0.1) is 31.0 Å². The van der Waals surface area contributed by atoms with Crippen LogP contribution in [0, 0.1) is 23.7 Å². The molecule has 0 aliphatic heterocycles. The number of methoxy groups -OCH3 is 1. The van der Waals surface area contributed by atoms with E-state index in [9.17, 15) is 22.0 Å². The predicted molar refractivity (Wildman–Crippen MR) is 143 cm³/mol. The van der Waals surface area contributed by atoms with Crippen LogP contribution in [0.1, 0.15) is 69.2 Å². The fourth-order valence-electron chi connectivity index (χ4n) is 5.56. The van der Waals surface area contributed by atoms with Crippen LogP contribution in [-0.2, 0) is 12.6 Å². The zero-order valence-corrected chi connectivity index (χ0v) is 22.8. The molecule has 2 fully saturated rings. The molecule has 0 radical (unpaired) electrons. The number of nitrogens with zero attached hydrogens (tertiary/aromatic N) is 2. The van der Waals surface area contributed by atoms with Crippen LogP contribution in [0.15, 0.2) is 61.0 Å². The van der Waals surface area contributed by atoms with Gasteiger partial charge in [0, 0.05) is 6.42 Å². The van der Waals surface area contributed by atoms with Crippen molar-refractivity contribution in [3.8, 4) is 11.5 Å². The van der Waals surface area contributed by atoms with Gasteiger partial charge in [-0.1, -0.05) is 24.3 Å². The van der Waals surface area contributed by atoms with Gasteiger partial charge in [0.25, 0.3) is 0 Å². The highest BCUT2D eigenvalue weighted by atomic mass is 19.4. The van der Waals surface area contributed by atoms with Crippen molar-refractivity contribution in [3.63, 3.8) is 0 Å². The van der Waals surface area contributed by atoms with Crippen LogP contribution in [-0.4, -0.2) is 23.2 Å².